The Morgan fingerprint density at radius 2 is 1.70 bits per heavy atom. The summed E-state index contributed by atoms with van der Waals surface area (Å²) < 4.78 is 27.0. The maximum absolute atomic E-state index is 14.0. The van der Waals surface area contributed by atoms with Gasteiger partial charge in [-0.2, -0.15) is 0 Å². The first kappa shape index (κ1) is 14.0. The summed E-state index contributed by atoms with van der Waals surface area (Å²) in [5.41, 5.74) is -0.116. The molecule has 20 heavy (non-hydrogen) atoms. The molecule has 0 radical (unpaired) electrons. The van der Waals surface area contributed by atoms with Crippen LogP contribution in [-0.2, 0) is 0 Å². The topological polar surface area (TPSA) is 23.5 Å². The quantitative estimate of drug-likeness (QED) is 0.918. The lowest BCUT2D eigenvalue weighted by Gasteiger charge is -2.43. The summed E-state index contributed by atoms with van der Waals surface area (Å²) in [7, 11) is 0. The molecule has 1 unspecified atom stereocenters. The highest BCUT2D eigenvalue weighted by Gasteiger charge is 2.47. The summed E-state index contributed by atoms with van der Waals surface area (Å²) in [6.07, 6.45) is 5.33. The standard InChI is InChI=1S/C16H21F2NO/c17-12-5-6-13(14(18)11-12)15(20)16(7-1-2-8-16)19-9-3-4-10-19/h5-6,11,15,20H,1-4,7-10H2. The second-order valence-corrected chi connectivity index (χ2v) is 6.07. The predicted octanol–water partition coefficient (Wildman–Crippen LogP) is 3.41. The fourth-order valence-corrected chi connectivity index (χ4v) is 3.93. The van der Waals surface area contributed by atoms with Gasteiger partial charge in [-0.25, -0.2) is 8.78 Å². The lowest BCUT2D eigenvalue weighted by molar-refractivity contribution is -0.0213. The predicted molar refractivity (Wildman–Crippen MR) is 73.3 cm³/mol. The molecule has 2 aliphatic rings. The molecule has 1 atom stereocenters. The van der Waals surface area contributed by atoms with Crippen LogP contribution in [0.1, 0.15) is 50.2 Å². The first-order valence-corrected chi connectivity index (χ1v) is 7.51. The summed E-state index contributed by atoms with van der Waals surface area (Å²) in [6.45, 7) is 1.94. The van der Waals surface area contributed by atoms with Crippen LogP contribution < -0.4 is 0 Å². The van der Waals surface area contributed by atoms with Crippen LogP contribution in [0.15, 0.2) is 18.2 Å². The Bertz CT molecular complexity index is 479. The van der Waals surface area contributed by atoms with E-state index in [0.29, 0.717) is 0 Å². The third-order valence-electron chi connectivity index (χ3n) is 4.97. The molecule has 0 bridgehead atoms. The summed E-state index contributed by atoms with van der Waals surface area (Å²) in [6, 6.07) is 3.49. The minimum Gasteiger partial charge on any atom is -0.386 e. The molecule has 1 aliphatic carbocycles. The molecular formula is C16H21F2NO. The molecule has 1 aromatic rings. The lowest BCUT2D eigenvalue weighted by Crippen LogP contribution is -2.49. The van der Waals surface area contributed by atoms with E-state index < -0.39 is 17.7 Å². The highest BCUT2D eigenvalue weighted by Crippen LogP contribution is 2.46. The molecule has 2 nitrogen and oxygen atoms in total. The first-order chi connectivity index (χ1) is 9.63. The van der Waals surface area contributed by atoms with Gasteiger partial charge in [-0.15, -0.1) is 0 Å². The number of aliphatic hydroxyl groups excluding tert-OH is 1. The lowest BCUT2D eigenvalue weighted by atomic mass is 9.84. The van der Waals surface area contributed by atoms with Crippen molar-refractivity contribution in [3.05, 3.63) is 35.4 Å². The van der Waals surface area contributed by atoms with Crippen LogP contribution >= 0.6 is 0 Å². The zero-order chi connectivity index (χ0) is 14.2. The van der Waals surface area contributed by atoms with Crippen molar-refractivity contribution in [2.75, 3.05) is 13.1 Å². The summed E-state index contributed by atoms with van der Waals surface area (Å²) in [5, 5.41) is 10.8. The van der Waals surface area contributed by atoms with Crippen molar-refractivity contribution in [3.63, 3.8) is 0 Å². The second kappa shape index (κ2) is 5.41. The molecule has 4 heteroatoms. The van der Waals surface area contributed by atoms with Crippen molar-refractivity contribution in [3.8, 4) is 0 Å². The molecule has 1 N–H and O–H groups in total. The van der Waals surface area contributed by atoms with Gasteiger partial charge in [0.2, 0.25) is 0 Å². The van der Waals surface area contributed by atoms with Crippen molar-refractivity contribution in [2.24, 2.45) is 0 Å². The first-order valence-electron chi connectivity index (χ1n) is 7.51. The maximum Gasteiger partial charge on any atom is 0.131 e. The largest absolute Gasteiger partial charge is 0.386 e. The van der Waals surface area contributed by atoms with Crippen LogP contribution in [0.2, 0.25) is 0 Å². The Balaban J connectivity index is 1.94. The molecule has 0 aromatic heterocycles. The molecule has 110 valence electrons. The van der Waals surface area contributed by atoms with Gasteiger partial charge in [0.25, 0.3) is 0 Å². The van der Waals surface area contributed by atoms with Crippen LogP contribution in [0, 0.1) is 11.6 Å². The van der Waals surface area contributed by atoms with E-state index in [4.69, 9.17) is 0 Å². The fourth-order valence-electron chi connectivity index (χ4n) is 3.93. The van der Waals surface area contributed by atoms with Crippen LogP contribution in [0.25, 0.3) is 0 Å². The minimum absolute atomic E-state index is 0.236. The average Bonchev–Trinajstić information content (AvgIpc) is 3.10. The van der Waals surface area contributed by atoms with E-state index in [1.165, 1.54) is 12.1 Å². The van der Waals surface area contributed by atoms with E-state index >= 15 is 0 Å². The molecular weight excluding hydrogens is 260 g/mol. The number of hydrogen-bond acceptors (Lipinski definition) is 2. The summed E-state index contributed by atoms with van der Waals surface area (Å²) >= 11 is 0. The van der Waals surface area contributed by atoms with E-state index in [0.717, 1.165) is 57.7 Å². The third-order valence-corrected chi connectivity index (χ3v) is 4.97. The highest BCUT2D eigenvalue weighted by atomic mass is 19.1. The Hall–Kier alpha value is -1.00. The van der Waals surface area contributed by atoms with Crippen LogP contribution in [0.4, 0.5) is 8.78 Å². The van der Waals surface area contributed by atoms with E-state index in [1.54, 1.807) is 0 Å². The second-order valence-electron chi connectivity index (χ2n) is 6.07. The Labute approximate surface area is 118 Å². The molecule has 1 saturated carbocycles. The number of hydrogen-bond donors (Lipinski definition) is 1. The minimum atomic E-state index is -0.872. The zero-order valence-corrected chi connectivity index (χ0v) is 11.6. The fraction of sp³-hybridized carbons (Fsp3) is 0.625. The van der Waals surface area contributed by atoms with Gasteiger partial charge in [-0.05, 0) is 44.8 Å². The van der Waals surface area contributed by atoms with E-state index in [9.17, 15) is 13.9 Å². The third kappa shape index (κ3) is 2.25. The van der Waals surface area contributed by atoms with Crippen LogP contribution in [0.3, 0.4) is 0 Å². The summed E-state index contributed by atoms with van der Waals surface area (Å²) in [5.74, 6) is -1.23. The number of benzene rings is 1. The monoisotopic (exact) mass is 281 g/mol. The number of aliphatic hydroxyl groups is 1. The van der Waals surface area contributed by atoms with Gasteiger partial charge >= 0.3 is 0 Å². The number of likely N-dealkylation sites (tertiary alicyclic amines) is 1. The molecule has 3 rings (SSSR count). The van der Waals surface area contributed by atoms with Gasteiger partial charge in [0.05, 0.1) is 5.54 Å². The van der Waals surface area contributed by atoms with Crippen molar-refractivity contribution in [1.82, 2.24) is 4.90 Å². The molecule has 0 amide bonds. The SMILES string of the molecule is OC(c1ccc(F)cc1F)C1(N2CCCC2)CCCC1. The van der Waals surface area contributed by atoms with E-state index in [-0.39, 0.29) is 11.1 Å². The van der Waals surface area contributed by atoms with Crippen molar-refractivity contribution in [2.45, 2.75) is 50.2 Å². The molecule has 1 aliphatic heterocycles. The van der Waals surface area contributed by atoms with Gasteiger partial charge in [-0.1, -0.05) is 18.9 Å². The van der Waals surface area contributed by atoms with Crippen molar-refractivity contribution < 1.29 is 13.9 Å². The maximum atomic E-state index is 14.0. The van der Waals surface area contributed by atoms with Gasteiger partial charge in [0, 0.05) is 11.6 Å². The Morgan fingerprint density at radius 1 is 1.05 bits per heavy atom. The van der Waals surface area contributed by atoms with Crippen molar-refractivity contribution >= 4 is 0 Å². The number of nitrogens with zero attached hydrogens (tertiary/aromatic N) is 1. The highest BCUT2D eigenvalue weighted by molar-refractivity contribution is 5.25. The molecule has 0 spiro atoms. The summed E-state index contributed by atoms with van der Waals surface area (Å²) in [4.78, 5) is 2.33. The van der Waals surface area contributed by atoms with E-state index in [1.807, 2.05) is 0 Å². The zero-order valence-electron chi connectivity index (χ0n) is 11.6. The van der Waals surface area contributed by atoms with Crippen LogP contribution in [0.5, 0.6) is 0 Å². The van der Waals surface area contributed by atoms with Crippen molar-refractivity contribution in [1.29, 1.82) is 0 Å². The normalized spacial score (nSPS) is 24.1. The number of halogens is 2. The smallest absolute Gasteiger partial charge is 0.131 e. The van der Waals surface area contributed by atoms with Gasteiger partial charge < -0.3 is 5.11 Å². The Kier molecular flexibility index (Phi) is 3.78. The Morgan fingerprint density at radius 3 is 2.30 bits per heavy atom. The van der Waals surface area contributed by atoms with Gasteiger partial charge in [0.15, 0.2) is 0 Å². The molecule has 1 saturated heterocycles. The van der Waals surface area contributed by atoms with Crippen LogP contribution in [-0.4, -0.2) is 28.6 Å². The molecule has 1 aromatic carbocycles. The van der Waals surface area contributed by atoms with Gasteiger partial charge in [0.1, 0.15) is 17.7 Å². The number of rotatable bonds is 3. The molecule has 1 heterocycles. The van der Waals surface area contributed by atoms with Gasteiger partial charge in [-0.3, -0.25) is 4.90 Å². The average molecular weight is 281 g/mol. The van der Waals surface area contributed by atoms with E-state index in [2.05, 4.69) is 4.90 Å². The molecule has 2 fully saturated rings.